The van der Waals surface area contributed by atoms with Gasteiger partial charge in [0.1, 0.15) is 5.82 Å². The van der Waals surface area contributed by atoms with Crippen molar-refractivity contribution in [3.8, 4) is 0 Å². The van der Waals surface area contributed by atoms with Gasteiger partial charge >= 0.3 is 0 Å². The van der Waals surface area contributed by atoms with Gasteiger partial charge in [0.15, 0.2) is 0 Å². The lowest BCUT2D eigenvalue weighted by Crippen LogP contribution is -2.28. The van der Waals surface area contributed by atoms with Crippen molar-refractivity contribution in [2.75, 3.05) is 30.9 Å². The summed E-state index contributed by atoms with van der Waals surface area (Å²) >= 11 is 3.44. The second-order valence-electron chi connectivity index (χ2n) is 3.67. The van der Waals surface area contributed by atoms with Gasteiger partial charge in [-0.25, -0.2) is 4.98 Å². The molecule has 0 spiro atoms. The first-order chi connectivity index (χ1) is 7.79. The highest BCUT2D eigenvalue weighted by atomic mass is 79.9. The van der Waals surface area contributed by atoms with Crippen LogP contribution in [0.4, 0.5) is 11.8 Å². The number of hydrogen-bond donors (Lipinski definition) is 2. The Bertz CT molecular complexity index is 355. The third kappa shape index (κ3) is 2.82. The normalized spacial score (nSPS) is 17.1. The topological polar surface area (TPSA) is 59.1 Å². The van der Waals surface area contributed by atoms with E-state index >= 15 is 0 Å². The summed E-state index contributed by atoms with van der Waals surface area (Å²) < 4.78 is 6.20. The maximum Gasteiger partial charge on any atom is 0.224 e. The fourth-order valence-corrected chi connectivity index (χ4v) is 1.93. The van der Waals surface area contributed by atoms with E-state index in [0.29, 0.717) is 12.0 Å². The predicted octanol–water partition coefficient (Wildman–Crippen LogP) is 1.87. The van der Waals surface area contributed by atoms with Crippen LogP contribution in [0.1, 0.15) is 12.8 Å². The molecular weight excluding hydrogens is 272 g/mol. The highest BCUT2D eigenvalue weighted by Crippen LogP contribution is 2.22. The SMILES string of the molecule is CNc1ncc(Br)c(NC2CCOCC2)n1. The minimum Gasteiger partial charge on any atom is -0.381 e. The molecule has 0 unspecified atom stereocenters. The van der Waals surface area contributed by atoms with Crippen molar-refractivity contribution in [2.45, 2.75) is 18.9 Å². The van der Waals surface area contributed by atoms with Crippen molar-refractivity contribution in [2.24, 2.45) is 0 Å². The number of nitrogens with zero attached hydrogens (tertiary/aromatic N) is 2. The number of ether oxygens (including phenoxy) is 1. The second-order valence-corrected chi connectivity index (χ2v) is 4.53. The monoisotopic (exact) mass is 286 g/mol. The van der Waals surface area contributed by atoms with Crippen LogP contribution in [0.3, 0.4) is 0 Å². The zero-order valence-corrected chi connectivity index (χ0v) is 10.7. The predicted molar refractivity (Wildman–Crippen MR) is 66.7 cm³/mol. The highest BCUT2D eigenvalue weighted by Gasteiger charge is 2.15. The Balaban J connectivity index is 2.06. The molecule has 1 aromatic rings. The van der Waals surface area contributed by atoms with Crippen LogP contribution in [-0.2, 0) is 4.74 Å². The lowest BCUT2D eigenvalue weighted by molar-refractivity contribution is 0.0904. The van der Waals surface area contributed by atoms with Crippen LogP contribution in [0, 0.1) is 0 Å². The van der Waals surface area contributed by atoms with Gasteiger partial charge in [0.2, 0.25) is 5.95 Å². The maximum absolute atomic E-state index is 5.32. The van der Waals surface area contributed by atoms with Crippen LogP contribution < -0.4 is 10.6 Å². The fraction of sp³-hybridized carbons (Fsp3) is 0.600. The first kappa shape index (κ1) is 11.6. The quantitative estimate of drug-likeness (QED) is 0.888. The van der Waals surface area contributed by atoms with Crippen molar-refractivity contribution in [3.63, 3.8) is 0 Å². The first-order valence-corrected chi connectivity index (χ1v) is 6.13. The van der Waals surface area contributed by atoms with Gasteiger partial charge in [-0.3, -0.25) is 0 Å². The Morgan fingerprint density at radius 3 is 2.88 bits per heavy atom. The molecule has 1 aliphatic rings. The van der Waals surface area contributed by atoms with Crippen molar-refractivity contribution in [1.82, 2.24) is 9.97 Å². The number of anilines is 2. The largest absolute Gasteiger partial charge is 0.381 e. The Morgan fingerprint density at radius 2 is 2.19 bits per heavy atom. The number of halogens is 1. The molecule has 0 amide bonds. The van der Waals surface area contributed by atoms with Crippen LogP contribution in [0.25, 0.3) is 0 Å². The van der Waals surface area contributed by atoms with Crippen molar-refractivity contribution < 1.29 is 4.74 Å². The summed E-state index contributed by atoms with van der Waals surface area (Å²) in [5.41, 5.74) is 0. The number of hydrogen-bond acceptors (Lipinski definition) is 5. The van der Waals surface area contributed by atoms with E-state index < -0.39 is 0 Å². The summed E-state index contributed by atoms with van der Waals surface area (Å²) in [5, 5.41) is 6.33. The minimum atomic E-state index is 0.435. The molecule has 88 valence electrons. The minimum absolute atomic E-state index is 0.435. The van der Waals surface area contributed by atoms with Gasteiger partial charge in [-0.2, -0.15) is 4.98 Å². The van der Waals surface area contributed by atoms with E-state index in [1.807, 2.05) is 7.05 Å². The molecule has 0 radical (unpaired) electrons. The fourth-order valence-electron chi connectivity index (χ4n) is 1.62. The first-order valence-electron chi connectivity index (χ1n) is 5.34. The van der Waals surface area contributed by atoms with E-state index in [4.69, 9.17) is 4.74 Å². The van der Waals surface area contributed by atoms with Crippen molar-refractivity contribution in [3.05, 3.63) is 10.7 Å². The molecule has 2 rings (SSSR count). The summed E-state index contributed by atoms with van der Waals surface area (Å²) in [6.45, 7) is 1.64. The highest BCUT2D eigenvalue weighted by molar-refractivity contribution is 9.10. The third-order valence-electron chi connectivity index (χ3n) is 2.53. The molecule has 0 bridgehead atoms. The Labute approximate surface area is 103 Å². The van der Waals surface area contributed by atoms with Gasteiger partial charge in [0, 0.05) is 32.5 Å². The van der Waals surface area contributed by atoms with Crippen LogP contribution >= 0.6 is 15.9 Å². The van der Waals surface area contributed by atoms with E-state index in [2.05, 4.69) is 36.5 Å². The molecule has 16 heavy (non-hydrogen) atoms. The molecule has 1 aliphatic heterocycles. The second kappa shape index (κ2) is 5.45. The van der Waals surface area contributed by atoms with Gasteiger partial charge in [-0.15, -0.1) is 0 Å². The standard InChI is InChI=1S/C10H15BrN4O/c1-12-10-13-6-8(11)9(15-10)14-7-2-4-16-5-3-7/h6-7H,2-5H2,1H3,(H2,12,13,14,15). The lowest BCUT2D eigenvalue weighted by Gasteiger charge is -2.24. The Morgan fingerprint density at radius 1 is 1.44 bits per heavy atom. The van der Waals surface area contributed by atoms with Gasteiger partial charge in [0.25, 0.3) is 0 Å². The molecule has 1 saturated heterocycles. The summed E-state index contributed by atoms with van der Waals surface area (Å²) in [4.78, 5) is 8.48. The van der Waals surface area contributed by atoms with E-state index in [9.17, 15) is 0 Å². The van der Waals surface area contributed by atoms with Crippen LogP contribution in [0.2, 0.25) is 0 Å². The van der Waals surface area contributed by atoms with E-state index in [0.717, 1.165) is 36.3 Å². The molecule has 0 aliphatic carbocycles. The van der Waals surface area contributed by atoms with Crippen LogP contribution in [0.5, 0.6) is 0 Å². The molecule has 5 nitrogen and oxygen atoms in total. The maximum atomic E-state index is 5.32. The molecule has 0 saturated carbocycles. The summed E-state index contributed by atoms with van der Waals surface area (Å²) in [7, 11) is 1.81. The van der Waals surface area contributed by atoms with Gasteiger partial charge in [-0.05, 0) is 28.8 Å². The van der Waals surface area contributed by atoms with E-state index in [1.165, 1.54) is 0 Å². The van der Waals surface area contributed by atoms with Crippen LogP contribution in [0.15, 0.2) is 10.7 Å². The smallest absolute Gasteiger partial charge is 0.224 e. The molecule has 2 N–H and O–H groups in total. The van der Waals surface area contributed by atoms with E-state index in [-0.39, 0.29) is 0 Å². The van der Waals surface area contributed by atoms with Gasteiger partial charge in [-0.1, -0.05) is 0 Å². The van der Waals surface area contributed by atoms with Crippen LogP contribution in [-0.4, -0.2) is 36.3 Å². The zero-order chi connectivity index (χ0) is 11.4. The molecular formula is C10H15BrN4O. The molecule has 2 heterocycles. The number of aromatic nitrogens is 2. The van der Waals surface area contributed by atoms with Crippen molar-refractivity contribution >= 4 is 27.7 Å². The third-order valence-corrected chi connectivity index (χ3v) is 3.11. The summed E-state index contributed by atoms with van der Waals surface area (Å²) in [5.74, 6) is 1.46. The van der Waals surface area contributed by atoms with Crippen molar-refractivity contribution in [1.29, 1.82) is 0 Å². The van der Waals surface area contributed by atoms with Gasteiger partial charge in [0.05, 0.1) is 4.47 Å². The summed E-state index contributed by atoms with van der Waals surface area (Å²) in [6, 6.07) is 0.435. The Kier molecular flexibility index (Phi) is 3.95. The van der Waals surface area contributed by atoms with Gasteiger partial charge < -0.3 is 15.4 Å². The summed E-state index contributed by atoms with van der Waals surface area (Å²) in [6.07, 6.45) is 3.79. The number of nitrogens with one attached hydrogen (secondary N) is 2. The Hall–Kier alpha value is -0.880. The van der Waals surface area contributed by atoms with E-state index in [1.54, 1.807) is 6.20 Å². The molecule has 1 fully saturated rings. The lowest BCUT2D eigenvalue weighted by atomic mass is 10.1. The number of rotatable bonds is 3. The molecule has 1 aromatic heterocycles. The average molecular weight is 287 g/mol. The molecule has 6 heteroatoms. The molecule has 0 aromatic carbocycles. The zero-order valence-electron chi connectivity index (χ0n) is 9.16. The average Bonchev–Trinajstić information content (AvgIpc) is 2.33. The molecule has 0 atom stereocenters.